The quantitative estimate of drug-likeness (QED) is 0.0795. The zero-order valence-corrected chi connectivity index (χ0v) is 26.9. The zero-order chi connectivity index (χ0) is 30.7. The second-order valence-electron chi connectivity index (χ2n) is 11.8. The van der Waals surface area contributed by atoms with Gasteiger partial charge in [0.2, 0.25) is 0 Å². The summed E-state index contributed by atoms with van der Waals surface area (Å²) in [5.41, 5.74) is 9.34. The SMILES string of the molecule is CCCCCCCc1ccc(C#Cc2ccc(C=Cc3ccc(C#Cc4ccc(CCCCCCC)cc4)cc3)cc2)cc1. The Kier molecular flexibility index (Phi) is 14.2. The molecule has 0 amide bonds. The highest BCUT2D eigenvalue weighted by atomic mass is 14.0. The lowest BCUT2D eigenvalue weighted by atomic mass is 10.0. The molecule has 224 valence electrons. The fourth-order valence-corrected chi connectivity index (χ4v) is 5.21. The van der Waals surface area contributed by atoms with E-state index in [0.29, 0.717) is 0 Å². The molecule has 0 N–H and O–H groups in total. The molecular weight excluding hydrogens is 528 g/mol. The molecule has 0 fully saturated rings. The lowest BCUT2D eigenvalue weighted by molar-refractivity contribution is 0.632. The average molecular weight is 577 g/mol. The van der Waals surface area contributed by atoms with E-state index in [-0.39, 0.29) is 0 Å². The molecule has 0 aliphatic carbocycles. The van der Waals surface area contributed by atoms with E-state index < -0.39 is 0 Å². The number of hydrogen-bond acceptors (Lipinski definition) is 0. The van der Waals surface area contributed by atoms with Gasteiger partial charge in [0, 0.05) is 22.3 Å². The maximum atomic E-state index is 3.31. The predicted octanol–water partition coefficient (Wildman–Crippen LogP) is 11.7. The summed E-state index contributed by atoms with van der Waals surface area (Å²) in [5, 5.41) is 0. The minimum atomic E-state index is 1.03. The van der Waals surface area contributed by atoms with Gasteiger partial charge in [-0.1, -0.05) is 150 Å². The van der Waals surface area contributed by atoms with Gasteiger partial charge in [0.25, 0.3) is 0 Å². The standard InChI is InChI=1S/C44H48/c1-3-5-7-9-11-13-37-15-19-39(20-16-37)23-25-41-27-31-43(32-28-41)35-36-44-33-29-42(30-34-44)26-24-40-21-17-38(18-22-40)14-12-10-8-6-4-2/h15-22,27-36H,3-14H2,1-2H3. The number of benzene rings is 4. The van der Waals surface area contributed by atoms with Gasteiger partial charge >= 0.3 is 0 Å². The molecule has 0 saturated carbocycles. The minimum absolute atomic E-state index is 1.03. The maximum absolute atomic E-state index is 3.31. The van der Waals surface area contributed by atoms with Crippen molar-refractivity contribution < 1.29 is 0 Å². The highest BCUT2D eigenvalue weighted by Gasteiger charge is 1.97. The average Bonchev–Trinajstić information content (AvgIpc) is 3.07. The molecule has 0 heterocycles. The molecule has 4 aromatic carbocycles. The molecule has 4 rings (SSSR count). The van der Waals surface area contributed by atoms with Crippen LogP contribution in [0.4, 0.5) is 0 Å². The zero-order valence-electron chi connectivity index (χ0n) is 26.9. The van der Waals surface area contributed by atoms with Gasteiger partial charge in [0.15, 0.2) is 0 Å². The molecule has 0 aromatic heterocycles. The van der Waals surface area contributed by atoms with Crippen molar-refractivity contribution >= 4 is 12.2 Å². The smallest absolute Gasteiger partial charge is 0.0249 e. The first-order chi connectivity index (χ1) is 21.7. The molecule has 0 heteroatoms. The molecule has 4 aromatic rings. The molecule has 0 atom stereocenters. The van der Waals surface area contributed by atoms with E-state index in [1.165, 1.54) is 88.2 Å². The van der Waals surface area contributed by atoms with Crippen LogP contribution in [-0.4, -0.2) is 0 Å². The van der Waals surface area contributed by atoms with Crippen LogP contribution in [-0.2, 0) is 12.8 Å². The summed E-state index contributed by atoms with van der Waals surface area (Å²) in [6, 6.07) is 34.4. The Morgan fingerprint density at radius 3 is 0.977 bits per heavy atom. The topological polar surface area (TPSA) is 0 Å². The monoisotopic (exact) mass is 576 g/mol. The van der Waals surface area contributed by atoms with Gasteiger partial charge in [-0.25, -0.2) is 0 Å². The third-order valence-electron chi connectivity index (χ3n) is 8.04. The first-order valence-electron chi connectivity index (χ1n) is 16.8. The molecule has 0 spiro atoms. The van der Waals surface area contributed by atoms with Crippen molar-refractivity contribution in [3.8, 4) is 23.7 Å². The van der Waals surface area contributed by atoms with Crippen molar-refractivity contribution in [1.82, 2.24) is 0 Å². The summed E-state index contributed by atoms with van der Waals surface area (Å²) in [4.78, 5) is 0. The van der Waals surface area contributed by atoms with Crippen LogP contribution in [0.1, 0.15) is 123 Å². The van der Waals surface area contributed by atoms with Crippen LogP contribution >= 0.6 is 0 Å². The van der Waals surface area contributed by atoms with E-state index in [1.54, 1.807) is 0 Å². The summed E-state index contributed by atoms with van der Waals surface area (Å²) >= 11 is 0. The fraction of sp³-hybridized carbons (Fsp3) is 0.318. The molecule has 44 heavy (non-hydrogen) atoms. The summed E-state index contributed by atoms with van der Waals surface area (Å²) in [7, 11) is 0. The Hall–Kier alpha value is -4.26. The third kappa shape index (κ3) is 12.2. The third-order valence-corrected chi connectivity index (χ3v) is 8.04. The van der Waals surface area contributed by atoms with Gasteiger partial charge in [-0.05, 0) is 96.5 Å². The van der Waals surface area contributed by atoms with Crippen molar-refractivity contribution in [3.05, 3.63) is 142 Å². The molecule has 0 saturated heterocycles. The van der Waals surface area contributed by atoms with Crippen molar-refractivity contribution in [1.29, 1.82) is 0 Å². The van der Waals surface area contributed by atoms with Gasteiger partial charge in [0.1, 0.15) is 0 Å². The van der Waals surface area contributed by atoms with Crippen LogP contribution in [0.5, 0.6) is 0 Å². The lowest BCUT2D eigenvalue weighted by Gasteiger charge is -2.02. The predicted molar refractivity (Wildman–Crippen MR) is 192 cm³/mol. The fourth-order valence-electron chi connectivity index (χ4n) is 5.21. The van der Waals surface area contributed by atoms with Crippen LogP contribution in [0, 0.1) is 23.7 Å². The summed E-state index contributed by atoms with van der Waals surface area (Å²) < 4.78 is 0. The molecular formula is C44H48. The highest BCUT2D eigenvalue weighted by molar-refractivity contribution is 5.70. The van der Waals surface area contributed by atoms with Crippen LogP contribution in [0.2, 0.25) is 0 Å². The van der Waals surface area contributed by atoms with E-state index in [9.17, 15) is 0 Å². The summed E-state index contributed by atoms with van der Waals surface area (Å²) in [6.45, 7) is 4.53. The molecule has 0 nitrogen and oxygen atoms in total. The first-order valence-corrected chi connectivity index (χ1v) is 16.8. The Morgan fingerprint density at radius 2 is 0.659 bits per heavy atom. The molecule has 0 aliphatic heterocycles. The lowest BCUT2D eigenvalue weighted by Crippen LogP contribution is -1.86. The van der Waals surface area contributed by atoms with Crippen LogP contribution in [0.25, 0.3) is 12.2 Å². The van der Waals surface area contributed by atoms with Gasteiger partial charge in [-0.3, -0.25) is 0 Å². The van der Waals surface area contributed by atoms with Gasteiger partial charge < -0.3 is 0 Å². The number of rotatable bonds is 14. The maximum Gasteiger partial charge on any atom is 0.0249 e. The second kappa shape index (κ2) is 19.1. The van der Waals surface area contributed by atoms with Crippen LogP contribution < -0.4 is 0 Å². The Balaban J connectivity index is 1.23. The Morgan fingerprint density at radius 1 is 0.364 bits per heavy atom. The Labute approximate surface area is 267 Å². The van der Waals surface area contributed by atoms with Crippen molar-refractivity contribution in [2.75, 3.05) is 0 Å². The second-order valence-corrected chi connectivity index (χ2v) is 11.8. The molecule has 0 aliphatic rings. The van der Waals surface area contributed by atoms with Crippen LogP contribution in [0.15, 0.2) is 97.1 Å². The molecule has 0 bridgehead atoms. The number of unbranched alkanes of at least 4 members (excludes halogenated alkanes) is 8. The highest BCUT2D eigenvalue weighted by Crippen LogP contribution is 2.14. The van der Waals surface area contributed by atoms with Crippen molar-refractivity contribution in [3.63, 3.8) is 0 Å². The Bertz CT molecular complexity index is 1400. The van der Waals surface area contributed by atoms with Crippen molar-refractivity contribution in [2.24, 2.45) is 0 Å². The van der Waals surface area contributed by atoms with E-state index in [0.717, 1.165) is 33.4 Å². The summed E-state index contributed by atoms with van der Waals surface area (Å²) in [5.74, 6) is 13.2. The van der Waals surface area contributed by atoms with Gasteiger partial charge in [0.05, 0.1) is 0 Å². The van der Waals surface area contributed by atoms with E-state index in [2.05, 4.69) is 147 Å². The number of hydrogen-bond donors (Lipinski definition) is 0. The largest absolute Gasteiger partial charge is 0.0654 e. The summed E-state index contributed by atoms with van der Waals surface area (Å²) in [6.07, 6.45) is 19.8. The number of aryl methyl sites for hydroxylation is 2. The first kappa shape index (κ1) is 32.6. The van der Waals surface area contributed by atoms with E-state index in [1.807, 2.05) is 0 Å². The van der Waals surface area contributed by atoms with Crippen molar-refractivity contribution in [2.45, 2.75) is 90.9 Å². The normalized spacial score (nSPS) is 10.7. The molecule has 0 unspecified atom stereocenters. The van der Waals surface area contributed by atoms with Gasteiger partial charge in [-0.15, -0.1) is 0 Å². The van der Waals surface area contributed by atoms with Crippen LogP contribution in [0.3, 0.4) is 0 Å². The van der Waals surface area contributed by atoms with E-state index in [4.69, 9.17) is 0 Å². The molecule has 0 radical (unpaired) electrons. The van der Waals surface area contributed by atoms with Gasteiger partial charge in [-0.2, -0.15) is 0 Å². The minimum Gasteiger partial charge on any atom is -0.0654 e. The van der Waals surface area contributed by atoms with E-state index >= 15 is 0 Å².